The van der Waals surface area contributed by atoms with Crippen molar-refractivity contribution < 1.29 is 14.7 Å². The van der Waals surface area contributed by atoms with E-state index >= 15 is 0 Å². The summed E-state index contributed by atoms with van der Waals surface area (Å²) in [6.07, 6.45) is 1.87. The van der Waals surface area contributed by atoms with Crippen LogP contribution in [0.2, 0.25) is 0 Å². The van der Waals surface area contributed by atoms with Gasteiger partial charge in [0, 0.05) is 19.6 Å². The van der Waals surface area contributed by atoms with Crippen molar-refractivity contribution >= 4 is 12.0 Å². The molecule has 0 bridgehead atoms. The van der Waals surface area contributed by atoms with E-state index in [-0.39, 0.29) is 12.6 Å². The zero-order valence-corrected chi connectivity index (χ0v) is 11.7. The molecular weight excluding hydrogens is 256 g/mol. The number of likely N-dealkylation sites (N-methyl/N-ethyl adjacent to an activating group) is 1. The molecule has 1 aromatic rings. The fraction of sp³-hybridized carbons (Fsp3) is 0.467. The monoisotopic (exact) mass is 276 g/mol. The average molecular weight is 276 g/mol. The normalized spacial score (nSPS) is 14.3. The van der Waals surface area contributed by atoms with E-state index in [0.717, 1.165) is 18.4 Å². The highest BCUT2D eigenvalue weighted by Crippen LogP contribution is 2.19. The minimum atomic E-state index is -0.976. The van der Waals surface area contributed by atoms with Crippen LogP contribution in [0.15, 0.2) is 24.3 Å². The number of nitrogens with zero attached hydrogens (tertiary/aromatic N) is 2. The standard InChI is InChI=1S/C15H20N2O3/c1-2-16(11-14(18)19)15(20)17-9-5-8-12-6-3-4-7-13(12)10-17/h3-4,6-7H,2,5,8-11H2,1H3,(H,18,19). The maximum Gasteiger partial charge on any atom is 0.323 e. The van der Waals surface area contributed by atoms with Crippen molar-refractivity contribution in [2.75, 3.05) is 19.6 Å². The van der Waals surface area contributed by atoms with Gasteiger partial charge in [-0.05, 0) is 30.9 Å². The number of hydrogen-bond acceptors (Lipinski definition) is 2. The zero-order valence-electron chi connectivity index (χ0n) is 11.7. The highest BCUT2D eigenvalue weighted by atomic mass is 16.4. The second-order valence-electron chi connectivity index (χ2n) is 4.98. The second kappa shape index (κ2) is 6.41. The summed E-state index contributed by atoms with van der Waals surface area (Å²) < 4.78 is 0. The summed E-state index contributed by atoms with van der Waals surface area (Å²) in [6.45, 7) is 3.19. The van der Waals surface area contributed by atoms with Crippen LogP contribution in [-0.2, 0) is 17.8 Å². The molecule has 0 aromatic heterocycles. The number of carboxylic acid groups (broad SMARTS) is 1. The molecule has 20 heavy (non-hydrogen) atoms. The van der Waals surface area contributed by atoms with Gasteiger partial charge in [-0.1, -0.05) is 24.3 Å². The highest BCUT2D eigenvalue weighted by molar-refractivity contribution is 5.80. The van der Waals surface area contributed by atoms with Crippen LogP contribution in [0.4, 0.5) is 4.79 Å². The minimum absolute atomic E-state index is 0.188. The molecule has 0 saturated heterocycles. The largest absolute Gasteiger partial charge is 0.480 e. The molecule has 0 aliphatic carbocycles. The van der Waals surface area contributed by atoms with Crippen LogP contribution in [0, 0.1) is 0 Å². The minimum Gasteiger partial charge on any atom is -0.480 e. The Bertz CT molecular complexity index is 502. The van der Waals surface area contributed by atoms with E-state index in [4.69, 9.17) is 5.11 Å². The number of carbonyl (C=O) groups is 2. The lowest BCUT2D eigenvalue weighted by atomic mass is 10.0. The Kier molecular flexibility index (Phi) is 4.61. The molecule has 1 aromatic carbocycles. The first kappa shape index (κ1) is 14.4. The van der Waals surface area contributed by atoms with Gasteiger partial charge in [0.05, 0.1) is 0 Å². The number of urea groups is 1. The van der Waals surface area contributed by atoms with Gasteiger partial charge in [0.2, 0.25) is 0 Å². The molecule has 1 aliphatic heterocycles. The molecule has 0 unspecified atom stereocenters. The Labute approximate surface area is 118 Å². The van der Waals surface area contributed by atoms with Gasteiger partial charge in [-0.2, -0.15) is 0 Å². The number of benzene rings is 1. The van der Waals surface area contributed by atoms with Crippen molar-refractivity contribution in [1.29, 1.82) is 0 Å². The number of carbonyl (C=O) groups excluding carboxylic acids is 1. The maximum atomic E-state index is 12.4. The van der Waals surface area contributed by atoms with Crippen LogP contribution in [0.25, 0.3) is 0 Å². The molecule has 1 N–H and O–H groups in total. The highest BCUT2D eigenvalue weighted by Gasteiger charge is 2.23. The van der Waals surface area contributed by atoms with Crippen molar-refractivity contribution in [2.45, 2.75) is 26.3 Å². The Morgan fingerprint density at radius 3 is 2.65 bits per heavy atom. The number of hydrogen-bond donors (Lipinski definition) is 1. The predicted molar refractivity (Wildman–Crippen MR) is 75.5 cm³/mol. The Balaban J connectivity index is 2.12. The first-order chi connectivity index (χ1) is 9.61. The molecule has 5 nitrogen and oxygen atoms in total. The lowest BCUT2D eigenvalue weighted by Crippen LogP contribution is -2.45. The molecule has 2 amide bonds. The maximum absolute atomic E-state index is 12.4. The van der Waals surface area contributed by atoms with Gasteiger partial charge < -0.3 is 14.9 Å². The smallest absolute Gasteiger partial charge is 0.323 e. The van der Waals surface area contributed by atoms with Crippen molar-refractivity contribution in [3.05, 3.63) is 35.4 Å². The molecule has 1 heterocycles. The van der Waals surface area contributed by atoms with E-state index in [1.807, 2.05) is 18.2 Å². The number of carboxylic acids is 1. The molecule has 0 saturated carbocycles. The second-order valence-corrected chi connectivity index (χ2v) is 4.98. The van der Waals surface area contributed by atoms with E-state index in [1.54, 1.807) is 11.8 Å². The lowest BCUT2D eigenvalue weighted by molar-refractivity contribution is -0.137. The SMILES string of the molecule is CCN(CC(=O)O)C(=O)N1CCCc2ccccc2C1. The van der Waals surface area contributed by atoms with Gasteiger partial charge in [0.1, 0.15) is 6.54 Å². The third kappa shape index (κ3) is 3.29. The summed E-state index contributed by atoms with van der Waals surface area (Å²) in [5.41, 5.74) is 2.44. The molecule has 0 atom stereocenters. The first-order valence-electron chi connectivity index (χ1n) is 6.94. The van der Waals surface area contributed by atoms with Gasteiger partial charge in [0.15, 0.2) is 0 Å². The van der Waals surface area contributed by atoms with Crippen LogP contribution >= 0.6 is 0 Å². The third-order valence-corrected chi connectivity index (χ3v) is 3.60. The van der Waals surface area contributed by atoms with Crippen LogP contribution in [0.3, 0.4) is 0 Å². The summed E-state index contributed by atoms with van der Waals surface area (Å²) in [7, 11) is 0. The molecule has 0 fully saturated rings. The van der Waals surface area contributed by atoms with Crippen molar-refractivity contribution in [3.63, 3.8) is 0 Å². The first-order valence-corrected chi connectivity index (χ1v) is 6.94. The number of fused-ring (bicyclic) bond motifs is 1. The summed E-state index contributed by atoms with van der Waals surface area (Å²) in [5, 5.41) is 8.86. The summed E-state index contributed by atoms with van der Waals surface area (Å²) in [5.74, 6) is -0.976. The number of aryl methyl sites for hydroxylation is 1. The van der Waals surface area contributed by atoms with Crippen LogP contribution < -0.4 is 0 Å². The lowest BCUT2D eigenvalue weighted by Gasteiger charge is -2.28. The predicted octanol–water partition coefficient (Wildman–Crippen LogP) is 1.96. The van der Waals surface area contributed by atoms with Crippen LogP contribution in [-0.4, -0.2) is 46.5 Å². The van der Waals surface area contributed by atoms with E-state index in [9.17, 15) is 9.59 Å². The summed E-state index contributed by atoms with van der Waals surface area (Å²) in [6, 6.07) is 7.93. The molecule has 1 aliphatic rings. The van der Waals surface area contributed by atoms with Crippen molar-refractivity contribution in [1.82, 2.24) is 9.80 Å². The fourth-order valence-electron chi connectivity index (χ4n) is 2.54. The van der Waals surface area contributed by atoms with E-state index < -0.39 is 5.97 Å². The molecule has 5 heteroatoms. The summed E-state index contributed by atoms with van der Waals surface area (Å²) >= 11 is 0. The van der Waals surface area contributed by atoms with Gasteiger partial charge >= 0.3 is 12.0 Å². The van der Waals surface area contributed by atoms with Crippen molar-refractivity contribution in [3.8, 4) is 0 Å². The van der Waals surface area contributed by atoms with Gasteiger partial charge in [0.25, 0.3) is 0 Å². The molecular formula is C15H20N2O3. The molecule has 0 spiro atoms. The summed E-state index contributed by atoms with van der Waals surface area (Å²) in [4.78, 5) is 26.3. The van der Waals surface area contributed by atoms with E-state index in [0.29, 0.717) is 19.6 Å². The van der Waals surface area contributed by atoms with E-state index in [1.165, 1.54) is 10.5 Å². The molecule has 2 rings (SSSR count). The van der Waals surface area contributed by atoms with Gasteiger partial charge in [-0.15, -0.1) is 0 Å². The topological polar surface area (TPSA) is 60.9 Å². The van der Waals surface area contributed by atoms with Gasteiger partial charge in [-0.25, -0.2) is 4.79 Å². The number of amides is 2. The van der Waals surface area contributed by atoms with Gasteiger partial charge in [-0.3, -0.25) is 4.79 Å². The van der Waals surface area contributed by atoms with E-state index in [2.05, 4.69) is 6.07 Å². The molecule has 0 radical (unpaired) electrons. The Morgan fingerprint density at radius 2 is 2.00 bits per heavy atom. The van der Waals surface area contributed by atoms with Crippen molar-refractivity contribution in [2.24, 2.45) is 0 Å². The zero-order chi connectivity index (χ0) is 14.5. The number of rotatable bonds is 3. The van der Waals surface area contributed by atoms with Crippen LogP contribution in [0.5, 0.6) is 0 Å². The average Bonchev–Trinajstić information content (AvgIpc) is 2.65. The fourth-order valence-corrected chi connectivity index (χ4v) is 2.54. The number of aliphatic carboxylic acids is 1. The third-order valence-electron chi connectivity index (χ3n) is 3.60. The van der Waals surface area contributed by atoms with Crippen LogP contribution in [0.1, 0.15) is 24.5 Å². The Morgan fingerprint density at radius 1 is 1.30 bits per heavy atom. The Hall–Kier alpha value is -2.04. The molecule has 108 valence electrons. The quantitative estimate of drug-likeness (QED) is 0.918.